The highest BCUT2D eigenvalue weighted by molar-refractivity contribution is 5.82. The minimum absolute atomic E-state index is 0.119. The van der Waals surface area contributed by atoms with Crippen molar-refractivity contribution in [2.45, 2.75) is 50.5 Å². The first kappa shape index (κ1) is 19.2. The minimum Gasteiger partial charge on any atom is -0.481 e. The molecule has 0 radical (unpaired) electrons. The number of piperidine rings is 1. The molecule has 8 heteroatoms. The maximum absolute atomic E-state index is 14.5. The number of carbonyl (C=O) groups is 2. The van der Waals surface area contributed by atoms with Gasteiger partial charge in [0, 0.05) is 19.0 Å². The van der Waals surface area contributed by atoms with Crippen LogP contribution in [0.4, 0.5) is 17.6 Å². The van der Waals surface area contributed by atoms with E-state index in [1.807, 2.05) is 0 Å². The van der Waals surface area contributed by atoms with Gasteiger partial charge < -0.3 is 10.0 Å². The van der Waals surface area contributed by atoms with Gasteiger partial charge in [-0.15, -0.1) is 0 Å². The second-order valence-electron chi connectivity index (χ2n) is 6.10. The first-order chi connectivity index (χ1) is 11.7. The molecule has 1 aliphatic rings. The quantitative estimate of drug-likeness (QED) is 0.808. The number of hydrogen-bond donors (Lipinski definition) is 1. The molecule has 1 amide bonds. The van der Waals surface area contributed by atoms with Crippen LogP contribution in [0.25, 0.3) is 0 Å². The number of carbonyl (C=O) groups excluding carboxylic acids is 1. The van der Waals surface area contributed by atoms with Crippen LogP contribution in [-0.2, 0) is 15.8 Å². The Kier molecular flexibility index (Phi) is 6.02. The third-order valence-electron chi connectivity index (χ3n) is 4.35. The summed E-state index contributed by atoms with van der Waals surface area (Å²) >= 11 is 0. The summed E-state index contributed by atoms with van der Waals surface area (Å²) in [6.45, 7) is 0.324. The summed E-state index contributed by atoms with van der Waals surface area (Å²) in [6.07, 6.45) is -4.36. The first-order valence-corrected chi connectivity index (χ1v) is 8.03. The van der Waals surface area contributed by atoms with E-state index in [0.717, 1.165) is 30.7 Å². The van der Waals surface area contributed by atoms with Gasteiger partial charge in [-0.3, -0.25) is 9.59 Å². The van der Waals surface area contributed by atoms with Crippen LogP contribution in [0.5, 0.6) is 0 Å². The molecule has 0 spiro atoms. The smallest absolute Gasteiger partial charge is 0.416 e. The van der Waals surface area contributed by atoms with Crippen molar-refractivity contribution >= 4 is 11.9 Å². The number of hydrogen-bond acceptors (Lipinski definition) is 2. The molecular formula is C17H19F4NO3. The largest absolute Gasteiger partial charge is 0.481 e. The Bertz CT molecular complexity index is 615. The lowest BCUT2D eigenvalue weighted by molar-refractivity contribution is -0.143. The Morgan fingerprint density at radius 2 is 1.84 bits per heavy atom. The molecule has 0 saturated carbocycles. The van der Waals surface area contributed by atoms with E-state index >= 15 is 0 Å². The molecule has 1 aromatic rings. The second-order valence-corrected chi connectivity index (χ2v) is 6.10. The molecule has 0 aliphatic carbocycles. The zero-order chi connectivity index (χ0) is 18.6. The molecule has 0 aromatic heterocycles. The van der Waals surface area contributed by atoms with Gasteiger partial charge >= 0.3 is 12.1 Å². The topological polar surface area (TPSA) is 57.6 Å². The molecule has 1 aliphatic heterocycles. The van der Waals surface area contributed by atoms with Gasteiger partial charge in [0.1, 0.15) is 0 Å². The van der Waals surface area contributed by atoms with Gasteiger partial charge in [-0.2, -0.15) is 13.2 Å². The fraction of sp³-hybridized carbons (Fsp3) is 0.529. The second kappa shape index (κ2) is 7.84. The number of alkyl halides is 4. The molecule has 1 saturated heterocycles. The lowest BCUT2D eigenvalue weighted by atomic mass is 9.96. The Balaban J connectivity index is 2.10. The van der Waals surface area contributed by atoms with Crippen LogP contribution < -0.4 is 0 Å². The summed E-state index contributed by atoms with van der Waals surface area (Å²) in [6, 6.07) is 3.05. The highest BCUT2D eigenvalue weighted by Gasteiger charge is 2.34. The van der Waals surface area contributed by atoms with E-state index < -0.39 is 29.8 Å². The van der Waals surface area contributed by atoms with Crippen LogP contribution in [0.2, 0.25) is 0 Å². The molecule has 1 N–H and O–H groups in total. The van der Waals surface area contributed by atoms with Crippen molar-refractivity contribution in [3.05, 3.63) is 35.4 Å². The number of carboxylic acids is 1. The normalized spacial score (nSPS) is 19.5. The van der Waals surface area contributed by atoms with Gasteiger partial charge in [0.2, 0.25) is 6.17 Å². The van der Waals surface area contributed by atoms with Gasteiger partial charge in [-0.25, -0.2) is 4.39 Å². The third kappa shape index (κ3) is 4.93. The van der Waals surface area contributed by atoms with E-state index in [-0.39, 0.29) is 24.4 Å². The third-order valence-corrected chi connectivity index (χ3v) is 4.35. The fourth-order valence-electron chi connectivity index (χ4n) is 3.01. The molecular weight excluding hydrogens is 342 g/mol. The molecule has 2 atom stereocenters. The Labute approximate surface area is 142 Å². The van der Waals surface area contributed by atoms with Crippen LogP contribution in [0.15, 0.2) is 24.3 Å². The van der Waals surface area contributed by atoms with Crippen molar-refractivity contribution in [3.8, 4) is 0 Å². The highest BCUT2D eigenvalue weighted by Crippen LogP contribution is 2.32. The van der Waals surface area contributed by atoms with E-state index in [4.69, 9.17) is 5.11 Å². The van der Waals surface area contributed by atoms with Crippen LogP contribution >= 0.6 is 0 Å². The highest BCUT2D eigenvalue weighted by atomic mass is 19.4. The Morgan fingerprint density at radius 1 is 1.20 bits per heavy atom. The van der Waals surface area contributed by atoms with Crippen LogP contribution in [0, 0.1) is 0 Å². The molecule has 2 rings (SSSR count). The van der Waals surface area contributed by atoms with E-state index in [2.05, 4.69) is 0 Å². The Morgan fingerprint density at radius 3 is 2.40 bits per heavy atom. The number of benzene rings is 1. The van der Waals surface area contributed by atoms with E-state index in [1.165, 1.54) is 4.90 Å². The molecule has 25 heavy (non-hydrogen) atoms. The van der Waals surface area contributed by atoms with Crippen molar-refractivity contribution in [2.75, 3.05) is 6.54 Å². The SMILES string of the molecule is O=C(O)CCC1CCCCN1C(=O)C(F)c1ccc(C(F)(F)F)cc1. The molecule has 2 unspecified atom stereocenters. The number of nitrogens with zero attached hydrogens (tertiary/aromatic N) is 1. The fourth-order valence-corrected chi connectivity index (χ4v) is 3.01. The van der Waals surface area contributed by atoms with Crippen LogP contribution in [-0.4, -0.2) is 34.5 Å². The van der Waals surface area contributed by atoms with Crippen molar-refractivity contribution in [2.24, 2.45) is 0 Å². The maximum Gasteiger partial charge on any atom is 0.416 e. The maximum atomic E-state index is 14.5. The number of amides is 1. The lowest BCUT2D eigenvalue weighted by Crippen LogP contribution is -2.45. The van der Waals surface area contributed by atoms with Crippen LogP contribution in [0.3, 0.4) is 0 Å². The van der Waals surface area contributed by atoms with Crippen molar-refractivity contribution in [1.82, 2.24) is 4.90 Å². The van der Waals surface area contributed by atoms with Crippen molar-refractivity contribution < 1.29 is 32.3 Å². The summed E-state index contributed by atoms with van der Waals surface area (Å²) in [5, 5.41) is 8.78. The van der Waals surface area contributed by atoms with Gasteiger partial charge in [0.05, 0.1) is 5.56 Å². The number of halogens is 4. The zero-order valence-corrected chi connectivity index (χ0v) is 13.4. The predicted octanol–water partition coefficient (Wildman–Crippen LogP) is 3.96. The van der Waals surface area contributed by atoms with Crippen LogP contribution in [0.1, 0.15) is 49.4 Å². The van der Waals surface area contributed by atoms with E-state index in [1.54, 1.807) is 0 Å². The molecule has 1 fully saturated rings. The van der Waals surface area contributed by atoms with Gasteiger partial charge in [0.25, 0.3) is 5.91 Å². The average molecular weight is 361 g/mol. The van der Waals surface area contributed by atoms with Gasteiger partial charge in [-0.1, -0.05) is 12.1 Å². The summed E-state index contributed by atoms with van der Waals surface area (Å²) in [5.74, 6) is -1.81. The molecule has 1 heterocycles. The summed E-state index contributed by atoms with van der Waals surface area (Å²) in [5.41, 5.74) is -1.05. The molecule has 0 bridgehead atoms. The molecule has 138 valence electrons. The minimum atomic E-state index is -4.52. The van der Waals surface area contributed by atoms with Crippen molar-refractivity contribution in [1.29, 1.82) is 0 Å². The standard InChI is InChI=1S/C17H19F4NO3/c18-15(11-4-6-12(7-5-11)17(19,20)21)16(25)22-10-2-1-3-13(22)8-9-14(23)24/h4-7,13,15H,1-3,8-10H2,(H,23,24). The summed E-state index contributed by atoms with van der Waals surface area (Å²) in [7, 11) is 0. The number of likely N-dealkylation sites (tertiary alicyclic amines) is 1. The summed E-state index contributed by atoms with van der Waals surface area (Å²) in [4.78, 5) is 24.5. The van der Waals surface area contributed by atoms with Crippen molar-refractivity contribution in [3.63, 3.8) is 0 Å². The van der Waals surface area contributed by atoms with E-state index in [0.29, 0.717) is 19.4 Å². The molecule has 4 nitrogen and oxygen atoms in total. The zero-order valence-electron chi connectivity index (χ0n) is 13.4. The monoisotopic (exact) mass is 361 g/mol. The predicted molar refractivity (Wildman–Crippen MR) is 81.5 cm³/mol. The van der Waals surface area contributed by atoms with E-state index in [9.17, 15) is 27.2 Å². The number of rotatable bonds is 5. The van der Waals surface area contributed by atoms with Gasteiger partial charge in [-0.05, 0) is 43.4 Å². The van der Waals surface area contributed by atoms with Gasteiger partial charge in [0.15, 0.2) is 0 Å². The average Bonchev–Trinajstić information content (AvgIpc) is 2.58. The number of aliphatic carboxylic acids is 1. The Hall–Kier alpha value is -2.12. The lowest BCUT2D eigenvalue weighted by Gasteiger charge is -2.36. The first-order valence-electron chi connectivity index (χ1n) is 8.03. The number of carboxylic acid groups (broad SMARTS) is 1. The summed E-state index contributed by atoms with van der Waals surface area (Å²) < 4.78 is 52.2. The molecule has 1 aromatic carbocycles.